The zero-order valence-corrected chi connectivity index (χ0v) is 12.1. The van der Waals surface area contributed by atoms with Crippen LogP contribution in [0.3, 0.4) is 0 Å². The summed E-state index contributed by atoms with van der Waals surface area (Å²) in [5.41, 5.74) is 0.783. The number of hydrogen-bond donors (Lipinski definition) is 0. The standard InChI is InChI=1S/C15H12N4O4/c1-10(22-12-8-5-9-16-14(12)19(20)21)13-17-15(23-18-13)11-6-3-2-4-7-11/h2-10H,1H3. The zero-order chi connectivity index (χ0) is 16.2. The maximum Gasteiger partial charge on any atom is 0.406 e. The number of ether oxygens (including phenoxy) is 1. The maximum absolute atomic E-state index is 10.9. The number of pyridine rings is 1. The molecule has 0 aliphatic heterocycles. The number of rotatable bonds is 5. The Morgan fingerprint density at radius 2 is 2.00 bits per heavy atom. The molecule has 1 atom stereocenters. The second-order valence-electron chi connectivity index (χ2n) is 4.67. The van der Waals surface area contributed by atoms with Crippen molar-refractivity contribution in [1.29, 1.82) is 0 Å². The van der Waals surface area contributed by atoms with Crippen molar-refractivity contribution >= 4 is 5.82 Å². The Hall–Kier alpha value is -3.29. The van der Waals surface area contributed by atoms with Gasteiger partial charge in [0.2, 0.25) is 11.6 Å². The van der Waals surface area contributed by atoms with Crippen LogP contribution < -0.4 is 4.74 Å². The van der Waals surface area contributed by atoms with E-state index in [-0.39, 0.29) is 11.6 Å². The van der Waals surface area contributed by atoms with E-state index in [0.717, 1.165) is 5.56 Å². The van der Waals surface area contributed by atoms with Gasteiger partial charge in [-0.15, -0.1) is 0 Å². The molecule has 0 bridgehead atoms. The molecule has 0 spiro atoms. The summed E-state index contributed by atoms with van der Waals surface area (Å²) in [6.45, 7) is 1.68. The first-order chi connectivity index (χ1) is 11.1. The first-order valence-corrected chi connectivity index (χ1v) is 6.80. The van der Waals surface area contributed by atoms with Gasteiger partial charge in [0, 0.05) is 5.56 Å². The minimum Gasteiger partial charge on any atom is -0.474 e. The molecule has 0 amide bonds. The molecule has 8 nitrogen and oxygen atoms in total. The van der Waals surface area contributed by atoms with E-state index >= 15 is 0 Å². The summed E-state index contributed by atoms with van der Waals surface area (Å²) in [6.07, 6.45) is 0.705. The van der Waals surface area contributed by atoms with Crippen molar-refractivity contribution in [3.63, 3.8) is 0 Å². The van der Waals surface area contributed by atoms with Gasteiger partial charge >= 0.3 is 5.82 Å². The van der Waals surface area contributed by atoms with Gasteiger partial charge in [-0.05, 0) is 41.1 Å². The van der Waals surface area contributed by atoms with E-state index in [1.165, 1.54) is 12.3 Å². The number of aromatic nitrogens is 3. The predicted octanol–water partition coefficient (Wildman–Crippen LogP) is 3.18. The van der Waals surface area contributed by atoms with Crippen molar-refractivity contribution in [2.24, 2.45) is 0 Å². The second-order valence-corrected chi connectivity index (χ2v) is 4.67. The smallest absolute Gasteiger partial charge is 0.406 e. The van der Waals surface area contributed by atoms with Crippen LogP contribution in [0.15, 0.2) is 53.2 Å². The lowest BCUT2D eigenvalue weighted by molar-refractivity contribution is -0.390. The Morgan fingerprint density at radius 1 is 1.22 bits per heavy atom. The summed E-state index contributed by atoms with van der Waals surface area (Å²) in [6, 6.07) is 12.3. The van der Waals surface area contributed by atoms with Crippen LogP contribution in [0, 0.1) is 10.1 Å². The Balaban J connectivity index is 1.81. The molecular formula is C15H12N4O4. The molecule has 1 unspecified atom stereocenters. The first kappa shape index (κ1) is 14.6. The average molecular weight is 312 g/mol. The number of nitrogens with zero attached hydrogens (tertiary/aromatic N) is 4. The van der Waals surface area contributed by atoms with Gasteiger partial charge < -0.3 is 19.4 Å². The van der Waals surface area contributed by atoms with Gasteiger partial charge in [-0.2, -0.15) is 4.98 Å². The molecule has 0 fully saturated rings. The fourth-order valence-electron chi connectivity index (χ4n) is 1.95. The molecule has 2 heterocycles. The molecule has 23 heavy (non-hydrogen) atoms. The van der Waals surface area contributed by atoms with Gasteiger partial charge in [0.05, 0.1) is 0 Å². The van der Waals surface area contributed by atoms with Crippen LogP contribution in [0.4, 0.5) is 5.82 Å². The molecule has 0 N–H and O–H groups in total. The molecule has 8 heteroatoms. The summed E-state index contributed by atoms with van der Waals surface area (Å²) in [4.78, 5) is 18.3. The molecule has 1 aromatic carbocycles. The molecular weight excluding hydrogens is 300 g/mol. The first-order valence-electron chi connectivity index (χ1n) is 6.80. The van der Waals surface area contributed by atoms with Gasteiger partial charge in [0.25, 0.3) is 5.89 Å². The lowest BCUT2D eigenvalue weighted by Gasteiger charge is -2.10. The van der Waals surface area contributed by atoms with Gasteiger partial charge in [-0.25, -0.2) is 0 Å². The van der Waals surface area contributed by atoms with Crippen LogP contribution in [0.1, 0.15) is 18.9 Å². The largest absolute Gasteiger partial charge is 0.474 e. The third kappa shape index (κ3) is 3.15. The summed E-state index contributed by atoms with van der Waals surface area (Å²) in [5, 5.41) is 14.8. The number of hydrogen-bond acceptors (Lipinski definition) is 7. The van der Waals surface area contributed by atoms with E-state index in [1.54, 1.807) is 13.0 Å². The quantitative estimate of drug-likeness (QED) is 0.526. The molecule has 3 rings (SSSR count). The number of nitro groups is 1. The third-order valence-electron chi connectivity index (χ3n) is 3.05. The summed E-state index contributed by atoms with van der Waals surface area (Å²) < 4.78 is 10.7. The highest BCUT2D eigenvalue weighted by atomic mass is 16.6. The second kappa shape index (κ2) is 6.22. The molecule has 0 saturated carbocycles. The summed E-state index contributed by atoms with van der Waals surface area (Å²) >= 11 is 0. The van der Waals surface area contributed by atoms with E-state index in [2.05, 4.69) is 15.1 Å². The molecule has 3 aromatic rings. The molecule has 0 radical (unpaired) electrons. The monoisotopic (exact) mass is 312 g/mol. The lowest BCUT2D eigenvalue weighted by Crippen LogP contribution is -2.07. The minimum atomic E-state index is -0.626. The van der Waals surface area contributed by atoms with E-state index in [9.17, 15) is 10.1 Å². The Kier molecular flexibility index (Phi) is 3.96. The predicted molar refractivity (Wildman–Crippen MR) is 79.7 cm³/mol. The Bertz CT molecular complexity index is 819. The van der Waals surface area contributed by atoms with E-state index in [1.807, 2.05) is 30.3 Å². The normalized spacial score (nSPS) is 11.9. The highest BCUT2D eigenvalue weighted by Gasteiger charge is 2.22. The van der Waals surface area contributed by atoms with E-state index < -0.39 is 11.0 Å². The van der Waals surface area contributed by atoms with Crippen LogP contribution in [0.25, 0.3) is 11.5 Å². The van der Waals surface area contributed by atoms with Gasteiger partial charge in [-0.3, -0.25) is 0 Å². The van der Waals surface area contributed by atoms with Crippen molar-refractivity contribution in [3.8, 4) is 17.2 Å². The van der Waals surface area contributed by atoms with E-state index in [0.29, 0.717) is 11.7 Å². The fraction of sp³-hybridized carbons (Fsp3) is 0.133. The Labute approximate surface area is 130 Å². The molecule has 0 saturated heterocycles. The molecule has 0 aliphatic carbocycles. The zero-order valence-electron chi connectivity index (χ0n) is 12.1. The van der Waals surface area contributed by atoms with Crippen LogP contribution in [-0.2, 0) is 0 Å². The van der Waals surface area contributed by atoms with Crippen LogP contribution in [0.5, 0.6) is 5.75 Å². The van der Waals surface area contributed by atoms with Crippen molar-refractivity contribution < 1.29 is 14.2 Å². The topological polar surface area (TPSA) is 104 Å². The van der Waals surface area contributed by atoms with E-state index in [4.69, 9.17) is 9.26 Å². The molecule has 0 aliphatic rings. The summed E-state index contributed by atoms with van der Waals surface area (Å²) in [7, 11) is 0. The van der Waals surface area contributed by atoms with Crippen LogP contribution in [-0.4, -0.2) is 20.0 Å². The fourth-order valence-corrected chi connectivity index (χ4v) is 1.95. The Morgan fingerprint density at radius 3 is 2.74 bits per heavy atom. The molecule has 2 aromatic heterocycles. The highest BCUT2D eigenvalue weighted by Crippen LogP contribution is 2.28. The number of benzene rings is 1. The van der Waals surface area contributed by atoms with Crippen molar-refractivity contribution in [2.75, 3.05) is 0 Å². The van der Waals surface area contributed by atoms with Crippen LogP contribution in [0.2, 0.25) is 0 Å². The van der Waals surface area contributed by atoms with Gasteiger partial charge in [0.1, 0.15) is 6.20 Å². The van der Waals surface area contributed by atoms with Crippen molar-refractivity contribution in [3.05, 3.63) is 64.6 Å². The third-order valence-corrected chi connectivity index (χ3v) is 3.05. The van der Waals surface area contributed by atoms with Gasteiger partial charge in [0.15, 0.2) is 6.10 Å². The summed E-state index contributed by atoms with van der Waals surface area (Å²) in [5.74, 6) is 0.348. The highest BCUT2D eigenvalue weighted by molar-refractivity contribution is 5.52. The van der Waals surface area contributed by atoms with Crippen LogP contribution >= 0.6 is 0 Å². The minimum absolute atomic E-state index is 0.0519. The molecule has 116 valence electrons. The van der Waals surface area contributed by atoms with Crippen molar-refractivity contribution in [2.45, 2.75) is 13.0 Å². The SMILES string of the molecule is CC(Oc1cccnc1[N+](=O)[O-])c1noc(-c2ccccc2)n1. The lowest BCUT2D eigenvalue weighted by atomic mass is 10.2. The maximum atomic E-state index is 10.9. The average Bonchev–Trinajstić information content (AvgIpc) is 3.06. The van der Waals surface area contributed by atoms with Crippen molar-refractivity contribution in [1.82, 2.24) is 15.1 Å². The van der Waals surface area contributed by atoms with Gasteiger partial charge in [-0.1, -0.05) is 23.4 Å².